The number of benzene rings is 2. The molecule has 0 radical (unpaired) electrons. The maximum Gasteiger partial charge on any atom is 0.263 e. The van der Waals surface area contributed by atoms with Crippen molar-refractivity contribution in [2.75, 3.05) is 16.6 Å². The minimum atomic E-state index is -3.58. The van der Waals surface area contributed by atoms with Crippen LogP contribution >= 0.6 is 0 Å². The highest BCUT2D eigenvalue weighted by atomic mass is 32.2. The summed E-state index contributed by atoms with van der Waals surface area (Å²) in [6, 6.07) is 12.7. The number of hydrogen-bond acceptors (Lipinski definition) is 3. The fourth-order valence-electron chi connectivity index (χ4n) is 2.53. The molecule has 2 aromatic rings. The first-order chi connectivity index (χ1) is 10.1. The SMILES string of the molecule is Cc1ccc(NS(=O)(=O)c2cccc3c2NCCC3)cc1. The van der Waals surface area contributed by atoms with Crippen molar-refractivity contribution in [1.29, 1.82) is 0 Å². The molecule has 0 spiro atoms. The van der Waals surface area contributed by atoms with E-state index in [1.807, 2.05) is 25.1 Å². The Morgan fingerprint density at radius 3 is 2.62 bits per heavy atom. The number of nitrogens with one attached hydrogen (secondary N) is 2. The minimum absolute atomic E-state index is 0.320. The molecular weight excluding hydrogens is 284 g/mol. The molecule has 0 fully saturated rings. The van der Waals surface area contributed by atoms with E-state index in [1.165, 1.54) is 0 Å². The molecule has 0 atom stereocenters. The van der Waals surface area contributed by atoms with Crippen LogP contribution in [0.1, 0.15) is 17.5 Å². The van der Waals surface area contributed by atoms with Crippen LogP contribution in [-0.4, -0.2) is 15.0 Å². The Hall–Kier alpha value is -2.01. The molecule has 21 heavy (non-hydrogen) atoms. The molecule has 110 valence electrons. The first kappa shape index (κ1) is 13.9. The molecule has 0 bridgehead atoms. The van der Waals surface area contributed by atoms with Crippen molar-refractivity contribution < 1.29 is 8.42 Å². The van der Waals surface area contributed by atoms with Crippen LogP contribution < -0.4 is 10.0 Å². The maximum atomic E-state index is 12.6. The molecule has 0 aliphatic carbocycles. The van der Waals surface area contributed by atoms with Crippen LogP contribution in [-0.2, 0) is 16.4 Å². The zero-order valence-corrected chi connectivity index (χ0v) is 12.7. The van der Waals surface area contributed by atoms with Gasteiger partial charge in [0.15, 0.2) is 0 Å². The molecule has 3 rings (SSSR count). The molecule has 2 N–H and O–H groups in total. The molecule has 0 saturated carbocycles. The number of rotatable bonds is 3. The first-order valence-corrected chi connectivity index (χ1v) is 8.50. The van der Waals surface area contributed by atoms with Crippen molar-refractivity contribution in [3.8, 4) is 0 Å². The van der Waals surface area contributed by atoms with Crippen LogP contribution in [0.15, 0.2) is 47.4 Å². The second kappa shape index (κ2) is 5.41. The molecule has 1 aliphatic rings. The lowest BCUT2D eigenvalue weighted by atomic mass is 10.0. The van der Waals surface area contributed by atoms with Crippen molar-refractivity contribution in [3.63, 3.8) is 0 Å². The van der Waals surface area contributed by atoms with E-state index in [1.54, 1.807) is 24.3 Å². The summed E-state index contributed by atoms with van der Waals surface area (Å²) in [6.45, 7) is 2.78. The van der Waals surface area contributed by atoms with Gasteiger partial charge >= 0.3 is 0 Å². The van der Waals surface area contributed by atoms with Crippen molar-refractivity contribution >= 4 is 21.4 Å². The van der Waals surface area contributed by atoms with E-state index in [0.717, 1.165) is 36.2 Å². The number of fused-ring (bicyclic) bond motifs is 1. The highest BCUT2D eigenvalue weighted by Crippen LogP contribution is 2.30. The van der Waals surface area contributed by atoms with Crippen LogP contribution in [0.4, 0.5) is 11.4 Å². The summed E-state index contributed by atoms with van der Waals surface area (Å²) >= 11 is 0. The molecule has 1 aliphatic heterocycles. The molecule has 2 aromatic carbocycles. The van der Waals surface area contributed by atoms with E-state index in [2.05, 4.69) is 10.0 Å². The Morgan fingerprint density at radius 2 is 1.86 bits per heavy atom. The molecule has 0 saturated heterocycles. The van der Waals surface area contributed by atoms with Gasteiger partial charge in [-0.3, -0.25) is 4.72 Å². The van der Waals surface area contributed by atoms with Crippen LogP contribution in [0, 0.1) is 6.92 Å². The quantitative estimate of drug-likeness (QED) is 0.915. The van der Waals surface area contributed by atoms with Crippen molar-refractivity contribution in [3.05, 3.63) is 53.6 Å². The van der Waals surface area contributed by atoms with E-state index >= 15 is 0 Å². The Kier molecular flexibility index (Phi) is 3.59. The van der Waals surface area contributed by atoms with Gasteiger partial charge in [-0.05, 0) is 43.5 Å². The second-order valence-electron chi connectivity index (χ2n) is 5.29. The fraction of sp³-hybridized carbons (Fsp3) is 0.250. The van der Waals surface area contributed by atoms with Gasteiger partial charge in [-0.25, -0.2) is 8.42 Å². The van der Waals surface area contributed by atoms with Gasteiger partial charge in [0.2, 0.25) is 0 Å². The van der Waals surface area contributed by atoms with E-state index in [4.69, 9.17) is 0 Å². The highest BCUT2D eigenvalue weighted by Gasteiger charge is 2.22. The van der Waals surface area contributed by atoms with Gasteiger partial charge in [0.25, 0.3) is 10.0 Å². The third-order valence-corrected chi connectivity index (χ3v) is 5.05. The number of anilines is 2. The van der Waals surface area contributed by atoms with Crippen molar-refractivity contribution in [1.82, 2.24) is 0 Å². The Balaban J connectivity index is 1.97. The summed E-state index contributed by atoms with van der Waals surface area (Å²) < 4.78 is 27.9. The molecule has 1 heterocycles. The third-order valence-electron chi connectivity index (χ3n) is 3.63. The zero-order valence-electron chi connectivity index (χ0n) is 11.9. The van der Waals surface area contributed by atoms with Gasteiger partial charge in [-0.1, -0.05) is 29.8 Å². The smallest absolute Gasteiger partial charge is 0.263 e. The summed E-state index contributed by atoms with van der Waals surface area (Å²) in [7, 11) is -3.58. The number of para-hydroxylation sites is 1. The average molecular weight is 302 g/mol. The third kappa shape index (κ3) is 2.88. The molecule has 4 nitrogen and oxygen atoms in total. The lowest BCUT2D eigenvalue weighted by molar-refractivity contribution is 0.601. The van der Waals surface area contributed by atoms with Crippen LogP contribution in [0.3, 0.4) is 0 Å². The lowest BCUT2D eigenvalue weighted by Crippen LogP contribution is -2.19. The minimum Gasteiger partial charge on any atom is -0.384 e. The second-order valence-corrected chi connectivity index (χ2v) is 6.94. The van der Waals surface area contributed by atoms with Gasteiger partial charge < -0.3 is 5.32 Å². The summed E-state index contributed by atoms with van der Waals surface area (Å²) in [5, 5.41) is 3.21. The fourth-order valence-corrected chi connectivity index (χ4v) is 3.82. The Morgan fingerprint density at radius 1 is 1.10 bits per heavy atom. The summed E-state index contributed by atoms with van der Waals surface area (Å²) in [6.07, 6.45) is 1.94. The van der Waals surface area contributed by atoms with Crippen LogP contribution in [0.2, 0.25) is 0 Å². The number of sulfonamides is 1. The predicted molar refractivity (Wildman–Crippen MR) is 85.2 cm³/mol. The molecule has 0 aromatic heterocycles. The van der Waals surface area contributed by atoms with Gasteiger partial charge in [0.1, 0.15) is 4.90 Å². The topological polar surface area (TPSA) is 58.2 Å². The van der Waals surface area contributed by atoms with Crippen LogP contribution in [0.5, 0.6) is 0 Å². The number of hydrogen-bond donors (Lipinski definition) is 2. The van der Waals surface area contributed by atoms with Crippen LogP contribution in [0.25, 0.3) is 0 Å². The standard InChI is InChI=1S/C16H18N2O2S/c1-12-7-9-14(10-8-12)18-21(19,20)15-6-2-4-13-5-3-11-17-16(13)15/h2,4,6-10,17-18H,3,5,11H2,1H3. The van der Waals surface area contributed by atoms with Crippen molar-refractivity contribution in [2.24, 2.45) is 0 Å². The first-order valence-electron chi connectivity index (χ1n) is 7.01. The monoisotopic (exact) mass is 302 g/mol. The number of aryl methyl sites for hydroxylation is 2. The Labute approximate surface area is 125 Å². The van der Waals surface area contributed by atoms with E-state index < -0.39 is 10.0 Å². The summed E-state index contributed by atoms with van der Waals surface area (Å²) in [5.41, 5.74) is 3.47. The highest BCUT2D eigenvalue weighted by molar-refractivity contribution is 7.92. The summed E-state index contributed by atoms with van der Waals surface area (Å²) in [5.74, 6) is 0. The molecule has 0 amide bonds. The average Bonchev–Trinajstić information content (AvgIpc) is 2.49. The molecular formula is C16H18N2O2S. The lowest BCUT2D eigenvalue weighted by Gasteiger charge is -2.21. The van der Waals surface area contributed by atoms with E-state index in [-0.39, 0.29) is 0 Å². The summed E-state index contributed by atoms with van der Waals surface area (Å²) in [4.78, 5) is 0.320. The van der Waals surface area contributed by atoms with Gasteiger partial charge in [0.05, 0.1) is 5.69 Å². The zero-order chi connectivity index (χ0) is 14.9. The van der Waals surface area contributed by atoms with Crippen molar-refractivity contribution in [2.45, 2.75) is 24.7 Å². The molecule has 0 unspecified atom stereocenters. The van der Waals surface area contributed by atoms with Gasteiger partial charge in [0, 0.05) is 12.2 Å². The molecule has 5 heteroatoms. The van der Waals surface area contributed by atoms with E-state index in [0.29, 0.717) is 10.6 Å². The predicted octanol–water partition coefficient (Wildman–Crippen LogP) is 3.15. The normalized spacial score (nSPS) is 14.1. The Bertz CT molecular complexity index is 752. The van der Waals surface area contributed by atoms with E-state index in [9.17, 15) is 8.42 Å². The largest absolute Gasteiger partial charge is 0.384 e. The van der Waals surface area contributed by atoms with Gasteiger partial charge in [-0.2, -0.15) is 0 Å². The maximum absolute atomic E-state index is 12.6. The van der Waals surface area contributed by atoms with Gasteiger partial charge in [-0.15, -0.1) is 0 Å².